The van der Waals surface area contributed by atoms with Crippen LogP contribution in [0.5, 0.6) is 0 Å². The van der Waals surface area contributed by atoms with Crippen molar-refractivity contribution in [3.63, 3.8) is 0 Å². The summed E-state index contributed by atoms with van der Waals surface area (Å²) in [5, 5.41) is 18.6. The van der Waals surface area contributed by atoms with Gasteiger partial charge in [-0.2, -0.15) is 0 Å². The second-order valence-electron chi connectivity index (χ2n) is 7.97. The molecule has 2 aromatic carbocycles. The third-order valence-electron chi connectivity index (χ3n) is 5.68. The van der Waals surface area contributed by atoms with E-state index < -0.39 is 10.8 Å². The van der Waals surface area contributed by atoms with Crippen LogP contribution in [0.3, 0.4) is 0 Å². The fourth-order valence-electron chi connectivity index (χ4n) is 3.76. The van der Waals surface area contributed by atoms with E-state index in [2.05, 4.69) is 15.5 Å². The average Bonchev–Trinajstić information content (AvgIpc) is 3.39. The standard InChI is InChI=1S/C24H23N5O4S2/c1-16-4-5-17(15-20(16)29(32)33)22(30)26-24(34)25-18-6-8-19(9-7-18)27-10-12-28(13-11-27)23(31)21-3-2-14-35-21/h2-9,14-15H,10-13H2,1H3,(H2,25,26,30,34). The number of piperazine rings is 1. The maximum atomic E-state index is 12.5. The minimum atomic E-state index is -0.530. The third kappa shape index (κ3) is 5.81. The molecule has 2 amide bonds. The number of hydrogen-bond acceptors (Lipinski definition) is 7. The van der Waals surface area contributed by atoms with E-state index in [1.807, 2.05) is 46.7 Å². The minimum Gasteiger partial charge on any atom is -0.368 e. The largest absolute Gasteiger partial charge is 0.368 e. The zero-order valence-electron chi connectivity index (χ0n) is 18.9. The number of amides is 2. The van der Waals surface area contributed by atoms with Gasteiger partial charge in [0.25, 0.3) is 17.5 Å². The Hall–Kier alpha value is -3.83. The fraction of sp³-hybridized carbons (Fsp3) is 0.208. The average molecular weight is 510 g/mol. The highest BCUT2D eigenvalue weighted by Gasteiger charge is 2.23. The first-order valence-electron chi connectivity index (χ1n) is 10.9. The maximum Gasteiger partial charge on any atom is 0.273 e. The van der Waals surface area contributed by atoms with Crippen LogP contribution in [-0.4, -0.2) is 52.9 Å². The molecule has 1 aliphatic heterocycles. The van der Waals surface area contributed by atoms with Crippen molar-refractivity contribution < 1.29 is 14.5 Å². The highest BCUT2D eigenvalue weighted by molar-refractivity contribution is 7.80. The topological polar surface area (TPSA) is 108 Å². The molecule has 3 aromatic rings. The first kappa shape index (κ1) is 24.3. The van der Waals surface area contributed by atoms with Gasteiger partial charge in [0.1, 0.15) is 0 Å². The number of benzene rings is 2. The number of carbonyl (C=O) groups is 2. The van der Waals surface area contributed by atoms with Crippen LogP contribution in [0.1, 0.15) is 25.6 Å². The molecule has 9 nitrogen and oxygen atoms in total. The number of carbonyl (C=O) groups excluding carboxylic acids is 2. The van der Waals surface area contributed by atoms with E-state index in [0.29, 0.717) is 24.3 Å². The number of nitrogens with one attached hydrogen (secondary N) is 2. The molecule has 0 radical (unpaired) electrons. The molecule has 0 unspecified atom stereocenters. The molecule has 0 saturated carbocycles. The quantitative estimate of drug-likeness (QED) is 0.303. The lowest BCUT2D eigenvalue weighted by atomic mass is 10.1. The molecule has 0 bridgehead atoms. The van der Waals surface area contributed by atoms with Gasteiger partial charge in [-0.25, -0.2) is 0 Å². The first-order chi connectivity index (χ1) is 16.8. The zero-order chi connectivity index (χ0) is 24.9. The predicted molar refractivity (Wildman–Crippen MR) is 140 cm³/mol. The Morgan fingerprint density at radius 1 is 1.06 bits per heavy atom. The second-order valence-corrected chi connectivity index (χ2v) is 9.33. The molecule has 0 spiro atoms. The summed E-state index contributed by atoms with van der Waals surface area (Å²) < 4.78 is 0. The molecule has 2 heterocycles. The number of anilines is 2. The van der Waals surface area contributed by atoms with Gasteiger partial charge in [0.2, 0.25) is 0 Å². The second kappa shape index (κ2) is 10.6. The molecule has 11 heteroatoms. The van der Waals surface area contributed by atoms with Gasteiger partial charge in [-0.15, -0.1) is 11.3 Å². The molecule has 1 aliphatic rings. The molecule has 1 fully saturated rings. The van der Waals surface area contributed by atoms with Crippen LogP contribution in [-0.2, 0) is 0 Å². The normalized spacial score (nSPS) is 13.3. The van der Waals surface area contributed by atoms with Crippen LogP contribution in [0, 0.1) is 17.0 Å². The van der Waals surface area contributed by atoms with Gasteiger partial charge in [0, 0.05) is 54.7 Å². The summed E-state index contributed by atoms with van der Waals surface area (Å²) >= 11 is 6.68. The first-order valence-corrected chi connectivity index (χ1v) is 12.2. The Labute approximate surface area is 211 Å². The summed E-state index contributed by atoms with van der Waals surface area (Å²) in [6.07, 6.45) is 0. The molecular formula is C24H23N5O4S2. The Morgan fingerprint density at radius 2 is 1.77 bits per heavy atom. The Morgan fingerprint density at radius 3 is 2.40 bits per heavy atom. The molecule has 1 aromatic heterocycles. The van der Waals surface area contributed by atoms with Crippen molar-refractivity contribution in [2.45, 2.75) is 6.92 Å². The van der Waals surface area contributed by atoms with Crippen LogP contribution in [0.25, 0.3) is 0 Å². The summed E-state index contributed by atoms with van der Waals surface area (Å²) in [7, 11) is 0. The van der Waals surface area contributed by atoms with Gasteiger partial charge in [0.15, 0.2) is 5.11 Å². The van der Waals surface area contributed by atoms with Gasteiger partial charge in [-0.3, -0.25) is 25.0 Å². The molecule has 0 aliphatic carbocycles. The Kier molecular flexibility index (Phi) is 7.37. The number of thiocarbonyl (C=S) groups is 1. The number of nitrogens with zero attached hydrogens (tertiary/aromatic N) is 3. The maximum absolute atomic E-state index is 12.5. The number of nitro groups is 1. The van der Waals surface area contributed by atoms with Crippen molar-refractivity contribution in [1.82, 2.24) is 10.2 Å². The number of thiophene rings is 1. The number of hydrogen-bond donors (Lipinski definition) is 2. The molecule has 2 N–H and O–H groups in total. The van der Waals surface area contributed by atoms with Crippen molar-refractivity contribution in [1.29, 1.82) is 0 Å². The van der Waals surface area contributed by atoms with Gasteiger partial charge in [0.05, 0.1) is 9.80 Å². The lowest BCUT2D eigenvalue weighted by Gasteiger charge is -2.36. The van der Waals surface area contributed by atoms with Crippen LogP contribution >= 0.6 is 23.6 Å². The van der Waals surface area contributed by atoms with Gasteiger partial charge < -0.3 is 15.1 Å². The molecular weight excluding hydrogens is 486 g/mol. The van der Waals surface area contributed by atoms with E-state index in [0.717, 1.165) is 23.7 Å². The highest BCUT2D eigenvalue weighted by Crippen LogP contribution is 2.22. The summed E-state index contributed by atoms with van der Waals surface area (Å²) in [5.74, 6) is -0.452. The molecule has 1 saturated heterocycles. The van der Waals surface area contributed by atoms with E-state index in [1.165, 1.54) is 29.5 Å². The molecule has 0 atom stereocenters. The summed E-state index contributed by atoms with van der Waals surface area (Å²) in [5.41, 5.74) is 2.23. The van der Waals surface area contributed by atoms with Gasteiger partial charge in [-0.05, 0) is 60.9 Å². The lowest BCUT2D eigenvalue weighted by molar-refractivity contribution is -0.385. The highest BCUT2D eigenvalue weighted by atomic mass is 32.1. The van der Waals surface area contributed by atoms with E-state index in [4.69, 9.17) is 12.2 Å². The smallest absolute Gasteiger partial charge is 0.273 e. The molecule has 180 valence electrons. The van der Waals surface area contributed by atoms with Crippen molar-refractivity contribution >= 4 is 57.5 Å². The van der Waals surface area contributed by atoms with Crippen molar-refractivity contribution in [3.8, 4) is 0 Å². The lowest BCUT2D eigenvalue weighted by Crippen LogP contribution is -2.48. The zero-order valence-corrected chi connectivity index (χ0v) is 20.5. The Balaban J connectivity index is 1.29. The summed E-state index contributed by atoms with van der Waals surface area (Å²) in [6.45, 7) is 4.40. The predicted octanol–water partition coefficient (Wildman–Crippen LogP) is 4.05. The number of nitro benzene ring substituents is 1. The monoisotopic (exact) mass is 509 g/mol. The van der Waals surface area contributed by atoms with Gasteiger partial charge >= 0.3 is 0 Å². The number of rotatable bonds is 5. The SMILES string of the molecule is Cc1ccc(C(=O)NC(=S)Nc2ccc(N3CCN(C(=O)c4cccs4)CC3)cc2)cc1[N+](=O)[O-]. The third-order valence-corrected chi connectivity index (χ3v) is 6.75. The number of aryl methyl sites for hydroxylation is 1. The van der Waals surface area contributed by atoms with Crippen molar-refractivity contribution in [3.05, 3.63) is 86.1 Å². The van der Waals surface area contributed by atoms with E-state index in [9.17, 15) is 19.7 Å². The van der Waals surface area contributed by atoms with Crippen LogP contribution in [0.4, 0.5) is 17.1 Å². The Bertz CT molecular complexity index is 1250. The van der Waals surface area contributed by atoms with Crippen LogP contribution in [0.2, 0.25) is 0 Å². The van der Waals surface area contributed by atoms with Crippen molar-refractivity contribution in [2.75, 3.05) is 36.4 Å². The van der Waals surface area contributed by atoms with E-state index >= 15 is 0 Å². The van der Waals surface area contributed by atoms with E-state index in [-0.39, 0.29) is 22.3 Å². The summed E-state index contributed by atoms with van der Waals surface area (Å²) in [4.78, 5) is 40.4. The van der Waals surface area contributed by atoms with Crippen LogP contribution < -0.4 is 15.5 Å². The van der Waals surface area contributed by atoms with Crippen molar-refractivity contribution in [2.24, 2.45) is 0 Å². The van der Waals surface area contributed by atoms with Gasteiger partial charge in [-0.1, -0.05) is 12.1 Å². The molecule has 4 rings (SSSR count). The summed E-state index contributed by atoms with van der Waals surface area (Å²) in [6, 6.07) is 15.6. The minimum absolute atomic E-state index is 0.0787. The molecule has 35 heavy (non-hydrogen) atoms. The van der Waals surface area contributed by atoms with Crippen LogP contribution in [0.15, 0.2) is 60.0 Å². The van der Waals surface area contributed by atoms with E-state index in [1.54, 1.807) is 6.92 Å². The fourth-order valence-corrected chi connectivity index (χ4v) is 4.67.